The maximum Gasteiger partial charge on any atom is 0.387 e. The largest absolute Gasteiger partial charge is 0.435 e. The number of benzene rings is 1. The first kappa shape index (κ1) is 13.7. The summed E-state index contributed by atoms with van der Waals surface area (Å²) in [6.07, 6.45) is 3.18. The highest BCUT2D eigenvalue weighted by Crippen LogP contribution is 2.34. The number of nitrogens with zero attached hydrogens (tertiary/aromatic N) is 1. The Balaban J connectivity index is 1.86. The molecule has 0 amide bonds. The molecule has 1 aromatic heterocycles. The number of Topliss-reactive ketones (excluding diaryl/α,β-unsaturated/α-hetero) is 1. The van der Waals surface area contributed by atoms with Gasteiger partial charge < -0.3 is 4.74 Å². The van der Waals surface area contributed by atoms with Crippen LogP contribution in [0.3, 0.4) is 0 Å². The number of hydrogen-bond donors (Lipinski definition) is 0. The smallest absolute Gasteiger partial charge is 0.387 e. The fourth-order valence-corrected chi connectivity index (χ4v) is 2.69. The van der Waals surface area contributed by atoms with E-state index in [2.05, 4.69) is 9.72 Å². The van der Waals surface area contributed by atoms with Crippen LogP contribution in [-0.2, 0) is 6.42 Å². The highest BCUT2D eigenvalue weighted by molar-refractivity contribution is 6.01. The topological polar surface area (TPSA) is 39.2 Å². The zero-order valence-corrected chi connectivity index (χ0v) is 11.1. The summed E-state index contributed by atoms with van der Waals surface area (Å²) in [5.41, 5.74) is 2.25. The summed E-state index contributed by atoms with van der Waals surface area (Å²) < 4.78 is 28.8. The number of carbonyl (C=O) groups is 1. The van der Waals surface area contributed by atoms with E-state index in [-0.39, 0.29) is 17.5 Å². The van der Waals surface area contributed by atoms with Crippen LogP contribution in [0, 0.1) is 0 Å². The molecule has 108 valence electrons. The maximum absolute atomic E-state index is 12.6. The Kier molecular flexibility index (Phi) is 3.64. The zero-order chi connectivity index (χ0) is 14.8. The third kappa shape index (κ3) is 2.77. The molecule has 0 saturated carbocycles. The van der Waals surface area contributed by atoms with Gasteiger partial charge >= 0.3 is 6.61 Å². The van der Waals surface area contributed by atoms with Crippen LogP contribution in [0.1, 0.15) is 34.0 Å². The monoisotopic (exact) mass is 289 g/mol. The van der Waals surface area contributed by atoms with Crippen molar-refractivity contribution in [3.05, 3.63) is 59.4 Å². The Morgan fingerprint density at radius 2 is 2.14 bits per heavy atom. The van der Waals surface area contributed by atoms with Crippen LogP contribution in [0.15, 0.2) is 42.6 Å². The zero-order valence-electron chi connectivity index (χ0n) is 11.1. The minimum absolute atomic E-state index is 0.00455. The SMILES string of the molecule is O=C(c1cccc(OC(F)F)c1)C1CCc2cccnc21. The number of pyridine rings is 1. The summed E-state index contributed by atoms with van der Waals surface area (Å²) in [7, 11) is 0. The first-order chi connectivity index (χ1) is 10.1. The maximum atomic E-state index is 12.6. The minimum Gasteiger partial charge on any atom is -0.435 e. The lowest BCUT2D eigenvalue weighted by Gasteiger charge is -2.11. The summed E-state index contributed by atoms with van der Waals surface area (Å²) in [4.78, 5) is 16.9. The third-order valence-electron chi connectivity index (χ3n) is 3.62. The van der Waals surface area contributed by atoms with Crippen molar-refractivity contribution in [2.24, 2.45) is 0 Å². The van der Waals surface area contributed by atoms with Crippen LogP contribution >= 0.6 is 0 Å². The highest BCUT2D eigenvalue weighted by atomic mass is 19.3. The average molecular weight is 289 g/mol. The van der Waals surface area contributed by atoms with Crippen LogP contribution in [0.25, 0.3) is 0 Å². The second kappa shape index (κ2) is 5.60. The van der Waals surface area contributed by atoms with Crippen molar-refractivity contribution >= 4 is 5.78 Å². The van der Waals surface area contributed by atoms with Gasteiger partial charge in [0.15, 0.2) is 5.78 Å². The Morgan fingerprint density at radius 3 is 2.95 bits per heavy atom. The van der Waals surface area contributed by atoms with E-state index in [0.717, 1.165) is 17.7 Å². The van der Waals surface area contributed by atoms with Crippen LogP contribution in [0.5, 0.6) is 5.75 Å². The van der Waals surface area contributed by atoms with E-state index in [4.69, 9.17) is 0 Å². The molecule has 1 atom stereocenters. The predicted octanol–water partition coefficient (Wildman–Crippen LogP) is 3.60. The standard InChI is InChI=1S/C16H13F2NO2/c17-16(18)21-12-5-1-3-11(9-12)15(20)13-7-6-10-4-2-8-19-14(10)13/h1-5,8-9,13,16H,6-7H2. The van der Waals surface area contributed by atoms with Crippen molar-refractivity contribution in [3.63, 3.8) is 0 Å². The Hall–Kier alpha value is -2.30. The molecular formula is C16H13F2NO2. The molecule has 5 heteroatoms. The number of aromatic nitrogens is 1. The van der Waals surface area contributed by atoms with Crippen LogP contribution < -0.4 is 4.74 Å². The van der Waals surface area contributed by atoms with Gasteiger partial charge in [-0.3, -0.25) is 9.78 Å². The van der Waals surface area contributed by atoms with E-state index < -0.39 is 6.61 Å². The molecule has 2 aromatic rings. The molecule has 1 aliphatic rings. The Morgan fingerprint density at radius 1 is 1.29 bits per heavy atom. The predicted molar refractivity (Wildman–Crippen MR) is 72.7 cm³/mol. The van der Waals surface area contributed by atoms with Gasteiger partial charge in [-0.1, -0.05) is 18.2 Å². The van der Waals surface area contributed by atoms with Gasteiger partial charge in [0.05, 0.1) is 11.6 Å². The van der Waals surface area contributed by atoms with Gasteiger partial charge in [0, 0.05) is 11.8 Å². The lowest BCUT2D eigenvalue weighted by molar-refractivity contribution is -0.0498. The van der Waals surface area contributed by atoms with Gasteiger partial charge in [-0.2, -0.15) is 8.78 Å². The number of ether oxygens (including phenoxy) is 1. The summed E-state index contributed by atoms with van der Waals surface area (Å²) in [5.74, 6) is -0.412. The first-order valence-electron chi connectivity index (χ1n) is 6.68. The van der Waals surface area contributed by atoms with E-state index in [1.807, 2.05) is 12.1 Å². The minimum atomic E-state index is -2.90. The summed E-state index contributed by atoms with van der Waals surface area (Å²) >= 11 is 0. The quantitative estimate of drug-likeness (QED) is 0.807. The van der Waals surface area contributed by atoms with Crippen LogP contribution in [0.4, 0.5) is 8.78 Å². The van der Waals surface area contributed by atoms with Gasteiger partial charge in [-0.25, -0.2) is 0 Å². The lowest BCUT2D eigenvalue weighted by Crippen LogP contribution is -2.12. The fourth-order valence-electron chi connectivity index (χ4n) is 2.69. The van der Waals surface area contributed by atoms with E-state index in [9.17, 15) is 13.6 Å². The van der Waals surface area contributed by atoms with Crippen molar-refractivity contribution in [3.8, 4) is 5.75 Å². The number of halogens is 2. The molecule has 0 bridgehead atoms. The molecule has 0 saturated heterocycles. The molecule has 21 heavy (non-hydrogen) atoms. The summed E-state index contributed by atoms with van der Waals surface area (Å²) in [6, 6.07) is 9.73. The van der Waals surface area contributed by atoms with Gasteiger partial charge in [0.2, 0.25) is 0 Å². The van der Waals surface area contributed by atoms with Crippen molar-refractivity contribution < 1.29 is 18.3 Å². The molecule has 1 aliphatic carbocycles. The number of aryl methyl sites for hydroxylation is 1. The fraction of sp³-hybridized carbons (Fsp3) is 0.250. The van der Waals surface area contributed by atoms with E-state index in [1.54, 1.807) is 18.3 Å². The lowest BCUT2D eigenvalue weighted by atomic mass is 9.95. The first-order valence-corrected chi connectivity index (χ1v) is 6.68. The Labute approximate surface area is 120 Å². The van der Waals surface area contributed by atoms with Crippen molar-refractivity contribution in [1.82, 2.24) is 4.98 Å². The average Bonchev–Trinajstić information content (AvgIpc) is 2.90. The second-order valence-electron chi connectivity index (χ2n) is 4.91. The van der Waals surface area contributed by atoms with Crippen molar-refractivity contribution in [1.29, 1.82) is 0 Å². The number of rotatable bonds is 4. The Bertz CT molecular complexity index is 673. The molecule has 1 unspecified atom stereocenters. The van der Waals surface area contributed by atoms with E-state index in [1.165, 1.54) is 12.1 Å². The molecule has 3 nitrogen and oxygen atoms in total. The molecular weight excluding hydrogens is 276 g/mol. The van der Waals surface area contributed by atoms with Gasteiger partial charge in [0.25, 0.3) is 0 Å². The van der Waals surface area contributed by atoms with Gasteiger partial charge in [0.1, 0.15) is 5.75 Å². The molecule has 0 spiro atoms. The van der Waals surface area contributed by atoms with Crippen molar-refractivity contribution in [2.45, 2.75) is 25.4 Å². The molecule has 0 radical (unpaired) electrons. The number of carbonyl (C=O) groups excluding carboxylic acids is 1. The van der Waals surface area contributed by atoms with Crippen LogP contribution in [-0.4, -0.2) is 17.4 Å². The second-order valence-corrected chi connectivity index (χ2v) is 4.91. The van der Waals surface area contributed by atoms with E-state index >= 15 is 0 Å². The number of hydrogen-bond acceptors (Lipinski definition) is 3. The third-order valence-corrected chi connectivity index (χ3v) is 3.62. The molecule has 0 aliphatic heterocycles. The number of alkyl halides is 2. The van der Waals surface area contributed by atoms with Crippen molar-refractivity contribution in [2.75, 3.05) is 0 Å². The number of fused-ring (bicyclic) bond motifs is 1. The summed E-state index contributed by atoms with van der Waals surface area (Å²) in [6.45, 7) is -2.90. The van der Waals surface area contributed by atoms with E-state index in [0.29, 0.717) is 12.0 Å². The van der Waals surface area contributed by atoms with Gasteiger partial charge in [-0.05, 0) is 36.6 Å². The molecule has 0 fully saturated rings. The summed E-state index contributed by atoms with van der Waals surface area (Å²) in [5, 5.41) is 0. The number of ketones is 1. The molecule has 3 rings (SSSR count). The highest BCUT2D eigenvalue weighted by Gasteiger charge is 2.30. The molecule has 1 heterocycles. The normalized spacial score (nSPS) is 16.8. The molecule has 1 aromatic carbocycles. The molecule has 0 N–H and O–H groups in total. The van der Waals surface area contributed by atoms with Crippen LogP contribution in [0.2, 0.25) is 0 Å². The van der Waals surface area contributed by atoms with Gasteiger partial charge in [-0.15, -0.1) is 0 Å².